The summed E-state index contributed by atoms with van der Waals surface area (Å²) in [6.07, 6.45) is 10.2. The second-order valence-corrected chi connectivity index (χ2v) is 18.6. The zero-order valence-corrected chi connectivity index (χ0v) is 33.3. The average molecular weight is 725 g/mol. The van der Waals surface area contributed by atoms with Gasteiger partial charge in [0, 0.05) is 43.3 Å². The van der Waals surface area contributed by atoms with Gasteiger partial charge in [0.05, 0.1) is 19.7 Å². The minimum absolute atomic E-state index is 0.0270. The molecule has 10 unspecified atom stereocenters. The molecule has 0 saturated heterocycles. The number of carbonyl (C=O) groups excluding carboxylic acids is 4. The molecule has 0 amide bonds. The van der Waals surface area contributed by atoms with E-state index < -0.39 is 23.5 Å². The Balaban J connectivity index is 1.33. The molecule has 5 fully saturated rings. The summed E-state index contributed by atoms with van der Waals surface area (Å²) in [7, 11) is 0. The highest BCUT2D eigenvalue weighted by molar-refractivity contribution is 6.34. The van der Waals surface area contributed by atoms with Gasteiger partial charge in [0.15, 0.2) is 0 Å². The van der Waals surface area contributed by atoms with Gasteiger partial charge in [0.25, 0.3) is 0 Å². The summed E-state index contributed by atoms with van der Waals surface area (Å²) in [6, 6.07) is 0. The van der Waals surface area contributed by atoms with Crippen molar-refractivity contribution in [1.82, 2.24) is 5.32 Å². The Kier molecular flexibility index (Phi) is 12.3. The maximum absolute atomic E-state index is 13.0. The second-order valence-electron chi connectivity index (χ2n) is 18.6. The Morgan fingerprint density at radius 3 is 2.23 bits per heavy atom. The number of nitrogens with zero attached hydrogens (tertiary/aromatic N) is 2. The van der Waals surface area contributed by atoms with Crippen LogP contribution in [0.4, 0.5) is 0 Å². The number of nitrogens with two attached hydrogens (primary N) is 1. The van der Waals surface area contributed by atoms with Crippen LogP contribution in [0.5, 0.6) is 0 Å². The number of carbonyl (C=O) groups is 4. The van der Waals surface area contributed by atoms with E-state index >= 15 is 0 Å². The summed E-state index contributed by atoms with van der Waals surface area (Å²) in [5, 5.41) is 11.0. The molecule has 0 aromatic heterocycles. The summed E-state index contributed by atoms with van der Waals surface area (Å²) < 4.78 is 12.0. The number of azo groups is 1. The molecular weight excluding hydrogens is 656 g/mol. The Hall–Kier alpha value is -2.46. The number of hydrogen-bond donors (Lipinski definition) is 2. The van der Waals surface area contributed by atoms with Crippen molar-refractivity contribution in [1.29, 1.82) is 0 Å². The van der Waals surface area contributed by atoms with Gasteiger partial charge >= 0.3 is 11.9 Å². The number of nitrogens with one attached hydrogen (secondary N) is 1. The Morgan fingerprint density at radius 1 is 0.808 bits per heavy atom. The fraction of sp³-hybridized carbons (Fsp3) is 0.857. The molecule has 5 aliphatic carbocycles. The predicted molar refractivity (Wildman–Crippen MR) is 201 cm³/mol. The lowest BCUT2D eigenvalue weighted by Crippen LogP contribution is -2.67. The second kappa shape index (κ2) is 15.7. The lowest BCUT2D eigenvalue weighted by Gasteiger charge is -2.73. The normalized spacial score (nSPS) is 39.1. The van der Waals surface area contributed by atoms with Crippen LogP contribution in [0, 0.1) is 56.7 Å². The van der Waals surface area contributed by atoms with Crippen LogP contribution in [-0.2, 0) is 28.7 Å². The highest BCUT2D eigenvalue weighted by atomic mass is 16.6. The Morgan fingerprint density at radius 2 is 1.54 bits per heavy atom. The molecule has 10 heteroatoms. The molecule has 52 heavy (non-hydrogen) atoms. The first-order chi connectivity index (χ1) is 24.5. The van der Waals surface area contributed by atoms with Crippen molar-refractivity contribution in [2.24, 2.45) is 72.6 Å². The number of allylic oxidation sites excluding steroid dienone is 1. The van der Waals surface area contributed by atoms with Gasteiger partial charge in [-0.15, -0.1) is 0 Å². The first-order valence-corrected chi connectivity index (χ1v) is 20.4. The molecule has 0 heterocycles. The number of hydrogen-bond acceptors (Lipinski definition) is 10. The monoisotopic (exact) mass is 725 g/mol. The maximum atomic E-state index is 13.0. The molecule has 5 saturated carbocycles. The molecule has 0 bridgehead atoms. The maximum Gasteiger partial charge on any atom is 0.374 e. The van der Waals surface area contributed by atoms with Crippen molar-refractivity contribution < 1.29 is 28.7 Å². The van der Waals surface area contributed by atoms with Crippen LogP contribution >= 0.6 is 0 Å². The molecule has 10 atom stereocenters. The molecule has 0 aromatic carbocycles. The van der Waals surface area contributed by atoms with Crippen LogP contribution < -0.4 is 11.1 Å². The fourth-order valence-electron chi connectivity index (χ4n) is 13.2. The highest BCUT2D eigenvalue weighted by Crippen LogP contribution is 2.77. The van der Waals surface area contributed by atoms with Gasteiger partial charge in [-0.1, -0.05) is 46.8 Å². The third-order valence-electron chi connectivity index (χ3n) is 15.9. The molecule has 5 aliphatic rings. The van der Waals surface area contributed by atoms with Gasteiger partial charge in [0.2, 0.25) is 11.6 Å². The topological polar surface area (TPSA) is 150 Å². The predicted octanol–water partition coefficient (Wildman–Crippen LogP) is 7.04. The fourth-order valence-corrected chi connectivity index (χ4v) is 13.2. The molecule has 0 aliphatic heterocycles. The molecule has 3 N–H and O–H groups in total. The lowest BCUT2D eigenvalue weighted by molar-refractivity contribution is -0.251. The van der Waals surface area contributed by atoms with Crippen molar-refractivity contribution in [2.75, 3.05) is 39.3 Å². The molecule has 0 aromatic rings. The number of esters is 2. The number of rotatable bonds is 15. The van der Waals surface area contributed by atoms with Crippen LogP contribution in [0.25, 0.3) is 0 Å². The zero-order chi connectivity index (χ0) is 38.1. The Bertz CT molecular complexity index is 1410. The van der Waals surface area contributed by atoms with Gasteiger partial charge in [0.1, 0.15) is 6.10 Å². The van der Waals surface area contributed by atoms with Gasteiger partial charge in [-0.25, -0.2) is 9.59 Å². The van der Waals surface area contributed by atoms with Gasteiger partial charge in [-0.2, -0.15) is 10.2 Å². The van der Waals surface area contributed by atoms with Crippen LogP contribution in [0.3, 0.4) is 0 Å². The minimum atomic E-state index is -0.731. The van der Waals surface area contributed by atoms with E-state index in [-0.39, 0.29) is 52.6 Å². The number of ether oxygens (including phenoxy) is 2. The van der Waals surface area contributed by atoms with E-state index in [2.05, 4.69) is 63.7 Å². The lowest BCUT2D eigenvalue weighted by atomic mass is 9.32. The van der Waals surface area contributed by atoms with E-state index in [1.807, 2.05) is 6.92 Å². The van der Waals surface area contributed by atoms with Crippen molar-refractivity contribution in [3.63, 3.8) is 0 Å². The van der Waals surface area contributed by atoms with Gasteiger partial charge in [-0.3, -0.25) is 9.59 Å². The van der Waals surface area contributed by atoms with Crippen molar-refractivity contribution in [3.8, 4) is 0 Å². The van der Waals surface area contributed by atoms with Gasteiger partial charge < -0.3 is 20.5 Å². The quantitative estimate of drug-likeness (QED) is 0.0601. The first kappa shape index (κ1) is 40.7. The Labute approximate surface area is 312 Å². The number of ketones is 2. The average Bonchev–Trinajstić information content (AvgIpc) is 3.49. The molecule has 0 radical (unpaired) electrons. The standard InChI is InChI=1S/C42H68N4O6/c1-9-45-46-24-16-31(48)37(50)52-34-14-17-39(6)32(38(34,4)5)13-18-41(8)33(39)11-10-29-35-28(27(2)3)12-19-42(35,21-20-40(29,41)7)26-51-36(49)30(47)15-23-44-25-22-43/h28-29,32-35,44H,2,9-26,43H2,1,3-8H3. The molecular formula is C42H68N4O6. The number of fused-ring (bicyclic) bond motifs is 7. The summed E-state index contributed by atoms with van der Waals surface area (Å²) >= 11 is 0. The van der Waals surface area contributed by atoms with Gasteiger partial charge in [-0.05, 0) is 124 Å². The van der Waals surface area contributed by atoms with Crippen LogP contribution in [0.1, 0.15) is 126 Å². The summed E-state index contributed by atoms with van der Waals surface area (Å²) in [5.74, 6) is -0.294. The summed E-state index contributed by atoms with van der Waals surface area (Å²) in [6.45, 7) is 23.4. The molecule has 5 rings (SSSR count). The largest absolute Gasteiger partial charge is 0.459 e. The van der Waals surface area contributed by atoms with E-state index in [1.165, 1.54) is 5.57 Å². The third-order valence-corrected chi connectivity index (χ3v) is 15.9. The SMILES string of the molecule is C=C(C)C1CCC2(COC(=O)C(=O)CCNCCN)CCC3(C)C(CCC4C5(C)CCC(OC(=O)C(=O)CCN=NCC)C(C)(C)C5CCC43C)C12. The minimum Gasteiger partial charge on any atom is -0.459 e. The zero-order valence-electron chi connectivity index (χ0n) is 33.3. The van der Waals surface area contributed by atoms with Crippen LogP contribution in [0.2, 0.25) is 0 Å². The molecule has 0 spiro atoms. The highest BCUT2D eigenvalue weighted by Gasteiger charge is 2.71. The van der Waals surface area contributed by atoms with Crippen molar-refractivity contribution >= 4 is 23.5 Å². The van der Waals surface area contributed by atoms with Crippen molar-refractivity contribution in [2.45, 2.75) is 132 Å². The molecule has 10 nitrogen and oxygen atoms in total. The molecule has 292 valence electrons. The van der Waals surface area contributed by atoms with E-state index in [1.54, 1.807) is 0 Å². The summed E-state index contributed by atoms with van der Waals surface area (Å²) in [4.78, 5) is 51.2. The van der Waals surface area contributed by atoms with Crippen LogP contribution in [0.15, 0.2) is 22.4 Å². The van der Waals surface area contributed by atoms with E-state index in [0.29, 0.717) is 62.4 Å². The third kappa shape index (κ3) is 7.09. The smallest absolute Gasteiger partial charge is 0.374 e. The van der Waals surface area contributed by atoms with E-state index in [9.17, 15) is 19.2 Å². The van der Waals surface area contributed by atoms with Crippen molar-refractivity contribution in [3.05, 3.63) is 12.2 Å². The van der Waals surface area contributed by atoms with E-state index in [0.717, 1.165) is 64.2 Å². The number of Topliss-reactive ketones (excluding diaryl/α,β-unsaturated/α-hetero) is 2. The van der Waals surface area contributed by atoms with Crippen LogP contribution in [-0.4, -0.2) is 68.9 Å². The first-order valence-electron chi connectivity index (χ1n) is 20.4. The van der Waals surface area contributed by atoms with E-state index in [4.69, 9.17) is 15.2 Å². The summed E-state index contributed by atoms with van der Waals surface area (Å²) in [5.41, 5.74) is 6.69.